The molecule has 0 saturated carbocycles. The summed E-state index contributed by atoms with van der Waals surface area (Å²) in [4.78, 5) is 8.79. The van der Waals surface area contributed by atoms with Gasteiger partial charge in [0, 0.05) is 18.8 Å². The fraction of sp³-hybridized carbons (Fsp3) is 0.611. The molecule has 0 fully saturated rings. The third-order valence-electron chi connectivity index (χ3n) is 2.96. The number of rotatable bonds is 3. The van der Waals surface area contributed by atoms with Crippen molar-refractivity contribution in [3.8, 4) is 0 Å². The van der Waals surface area contributed by atoms with Crippen LogP contribution < -0.4 is 10.6 Å². The van der Waals surface area contributed by atoms with Gasteiger partial charge in [-0.05, 0) is 59.2 Å². The van der Waals surface area contributed by atoms with Crippen LogP contribution in [0.4, 0.5) is 0 Å². The molecule has 1 aromatic heterocycles. The van der Waals surface area contributed by atoms with Crippen molar-refractivity contribution < 1.29 is 0 Å². The van der Waals surface area contributed by atoms with Gasteiger partial charge in [0.2, 0.25) is 0 Å². The van der Waals surface area contributed by atoms with E-state index < -0.39 is 0 Å². The highest BCUT2D eigenvalue weighted by molar-refractivity contribution is 5.35. The molecule has 21 heavy (non-hydrogen) atoms. The second-order valence-corrected chi connectivity index (χ2v) is 5.52. The lowest BCUT2D eigenvalue weighted by Gasteiger charge is -2.13. The zero-order valence-electron chi connectivity index (χ0n) is 15.0. The molecule has 1 heterocycles. The normalized spacial score (nSPS) is 12.2. The lowest BCUT2D eigenvalue weighted by atomic mass is 10.1. The molecular weight excluding hydrogens is 258 g/mol. The highest BCUT2D eigenvalue weighted by atomic mass is 15.1. The molecular formula is C18H33N3. The molecule has 0 saturated heterocycles. The first-order chi connectivity index (χ1) is 9.99. The van der Waals surface area contributed by atoms with E-state index in [1.807, 2.05) is 20.8 Å². The Morgan fingerprint density at radius 1 is 0.905 bits per heavy atom. The van der Waals surface area contributed by atoms with Gasteiger partial charge in [0.25, 0.3) is 0 Å². The summed E-state index contributed by atoms with van der Waals surface area (Å²) in [5.74, 6) is 0. The van der Waals surface area contributed by atoms with Crippen molar-refractivity contribution in [2.24, 2.45) is 0 Å². The minimum Gasteiger partial charge on any atom is -0.308 e. The monoisotopic (exact) mass is 291 g/mol. The van der Waals surface area contributed by atoms with Crippen molar-refractivity contribution >= 4 is 12.2 Å². The van der Waals surface area contributed by atoms with E-state index in [0.717, 1.165) is 37.0 Å². The molecule has 0 aliphatic heterocycles. The van der Waals surface area contributed by atoms with E-state index in [0.29, 0.717) is 0 Å². The van der Waals surface area contributed by atoms with Gasteiger partial charge in [0.1, 0.15) is 0 Å². The molecule has 3 heteroatoms. The molecule has 0 atom stereocenters. The lowest BCUT2D eigenvalue weighted by molar-refractivity contribution is 0.320. The molecule has 0 bridgehead atoms. The molecule has 2 rings (SSSR count). The highest BCUT2D eigenvalue weighted by Crippen LogP contribution is 1.94. The van der Waals surface area contributed by atoms with Gasteiger partial charge in [-0.1, -0.05) is 32.1 Å². The fourth-order valence-electron chi connectivity index (χ4n) is 1.78. The number of nitrogens with zero attached hydrogens (tertiary/aromatic N) is 3. The first-order valence-corrected chi connectivity index (χ1v) is 7.92. The van der Waals surface area contributed by atoms with Crippen molar-refractivity contribution in [1.29, 1.82) is 0 Å². The molecule has 0 radical (unpaired) electrons. The Kier molecular flexibility index (Phi) is 10.8. The molecule has 0 N–H and O–H groups in total. The molecule has 1 aliphatic carbocycles. The Morgan fingerprint density at radius 3 is 1.95 bits per heavy atom. The van der Waals surface area contributed by atoms with E-state index in [9.17, 15) is 0 Å². The summed E-state index contributed by atoms with van der Waals surface area (Å²) in [7, 11) is 8.35. The smallest absolute Gasteiger partial charge is 0.0662 e. The van der Waals surface area contributed by atoms with E-state index in [-0.39, 0.29) is 0 Å². The number of fused-ring (bicyclic) bond motifs is 1. The van der Waals surface area contributed by atoms with E-state index in [4.69, 9.17) is 0 Å². The third kappa shape index (κ3) is 9.38. The topological polar surface area (TPSA) is 19.4 Å². The molecule has 0 spiro atoms. The van der Waals surface area contributed by atoms with E-state index in [1.165, 1.54) is 5.22 Å². The summed E-state index contributed by atoms with van der Waals surface area (Å²) in [6, 6.07) is 4.21. The van der Waals surface area contributed by atoms with Gasteiger partial charge < -0.3 is 9.80 Å². The Balaban J connectivity index is 0.000000358. The molecule has 120 valence electrons. The summed E-state index contributed by atoms with van der Waals surface area (Å²) in [5, 5.41) is 2.46. The zero-order chi connectivity index (χ0) is 16.3. The van der Waals surface area contributed by atoms with E-state index in [1.54, 1.807) is 0 Å². The number of aryl methyl sites for hydroxylation is 1. The van der Waals surface area contributed by atoms with Crippen LogP contribution in [0.1, 0.15) is 32.4 Å². The van der Waals surface area contributed by atoms with Gasteiger partial charge in [-0.2, -0.15) is 0 Å². The van der Waals surface area contributed by atoms with Crippen molar-refractivity contribution in [2.45, 2.75) is 33.6 Å². The first kappa shape index (κ1) is 19.8. The number of hydrogen-bond acceptors (Lipinski definition) is 3. The Labute approximate surface area is 131 Å². The van der Waals surface area contributed by atoms with Gasteiger partial charge >= 0.3 is 0 Å². The van der Waals surface area contributed by atoms with E-state index >= 15 is 0 Å². The Morgan fingerprint density at radius 2 is 1.43 bits per heavy atom. The summed E-state index contributed by atoms with van der Waals surface area (Å²) >= 11 is 0. The van der Waals surface area contributed by atoms with Crippen LogP contribution in [0, 0.1) is 6.92 Å². The highest BCUT2D eigenvalue weighted by Gasteiger charge is 1.93. The van der Waals surface area contributed by atoms with Gasteiger partial charge in [-0.3, -0.25) is 4.98 Å². The van der Waals surface area contributed by atoms with Crippen molar-refractivity contribution in [3.05, 3.63) is 28.4 Å². The van der Waals surface area contributed by atoms with Crippen LogP contribution in [0.2, 0.25) is 0 Å². The van der Waals surface area contributed by atoms with Crippen LogP contribution in [-0.2, 0) is 0 Å². The molecule has 3 nitrogen and oxygen atoms in total. The average Bonchev–Trinajstić information content (AvgIpc) is 2.48. The first-order valence-electron chi connectivity index (χ1n) is 7.92. The maximum absolute atomic E-state index is 4.43. The van der Waals surface area contributed by atoms with Gasteiger partial charge in [-0.25, -0.2) is 0 Å². The predicted octanol–water partition coefficient (Wildman–Crippen LogP) is 1.88. The maximum Gasteiger partial charge on any atom is 0.0662 e. The average molecular weight is 291 g/mol. The maximum atomic E-state index is 4.43. The van der Waals surface area contributed by atoms with Crippen LogP contribution in [0.25, 0.3) is 12.2 Å². The van der Waals surface area contributed by atoms with Gasteiger partial charge in [0.15, 0.2) is 0 Å². The molecule has 0 aromatic carbocycles. The number of hydrogen-bond donors (Lipinski definition) is 0. The number of pyridine rings is 1. The van der Waals surface area contributed by atoms with Crippen LogP contribution in [0.15, 0.2) is 12.1 Å². The zero-order valence-corrected chi connectivity index (χ0v) is 15.0. The van der Waals surface area contributed by atoms with Crippen LogP contribution >= 0.6 is 0 Å². The molecule has 0 amide bonds. The van der Waals surface area contributed by atoms with Crippen LogP contribution in [0.3, 0.4) is 0 Å². The fourth-order valence-corrected chi connectivity index (χ4v) is 1.78. The van der Waals surface area contributed by atoms with Crippen molar-refractivity contribution in [2.75, 3.05) is 41.3 Å². The second-order valence-electron chi connectivity index (χ2n) is 5.52. The minimum atomic E-state index is 1.11. The van der Waals surface area contributed by atoms with Crippen molar-refractivity contribution in [3.63, 3.8) is 0 Å². The van der Waals surface area contributed by atoms with E-state index in [2.05, 4.69) is 67.3 Å². The predicted molar refractivity (Wildman–Crippen MR) is 94.8 cm³/mol. The summed E-state index contributed by atoms with van der Waals surface area (Å²) < 4.78 is 0. The Bertz CT molecular complexity index is 482. The quantitative estimate of drug-likeness (QED) is 0.848. The third-order valence-corrected chi connectivity index (χ3v) is 2.96. The lowest BCUT2D eigenvalue weighted by Crippen LogP contribution is -2.30. The van der Waals surface area contributed by atoms with Crippen LogP contribution in [0.5, 0.6) is 0 Å². The van der Waals surface area contributed by atoms with Crippen LogP contribution in [-0.4, -0.2) is 56.1 Å². The van der Waals surface area contributed by atoms with Gasteiger partial charge in [-0.15, -0.1) is 0 Å². The van der Waals surface area contributed by atoms with Gasteiger partial charge in [0.05, 0.1) is 5.35 Å². The SMILES string of the molecule is CC.CN(C)CCN(C)C.Cc1ccc2c(n1)=CCCC=2. The largest absolute Gasteiger partial charge is 0.308 e. The summed E-state index contributed by atoms with van der Waals surface area (Å²) in [6.45, 7) is 8.32. The number of aromatic nitrogens is 1. The second kappa shape index (κ2) is 11.5. The molecule has 1 aromatic rings. The Hall–Kier alpha value is -1.19. The summed E-state index contributed by atoms with van der Waals surface area (Å²) in [5.41, 5.74) is 1.11. The summed E-state index contributed by atoms with van der Waals surface area (Å²) in [6.07, 6.45) is 6.77. The standard InChI is InChI=1S/C10H11N.C6H16N2.C2H6/c1-8-6-7-9-4-2-3-5-10(9)11-8;1-7(2)5-6-8(3)4;1-2/h4-7H,2-3H2,1H3;5-6H2,1-4H3;1-2H3. The van der Waals surface area contributed by atoms with Crippen molar-refractivity contribution in [1.82, 2.24) is 14.8 Å². The molecule has 0 unspecified atom stereocenters. The number of likely N-dealkylation sites (N-methyl/N-ethyl adjacent to an activating group) is 2. The minimum absolute atomic E-state index is 1.11. The molecule has 1 aliphatic rings.